The largest absolute Gasteiger partial charge is 0.506 e. The van der Waals surface area contributed by atoms with E-state index in [1.807, 2.05) is 43.3 Å². The molecule has 0 bridgehead atoms. The fourth-order valence-corrected chi connectivity index (χ4v) is 3.32. The minimum Gasteiger partial charge on any atom is -0.506 e. The lowest BCUT2D eigenvalue weighted by Gasteiger charge is -2.17. The molecule has 0 fully saturated rings. The Bertz CT molecular complexity index is 1230. The van der Waals surface area contributed by atoms with Gasteiger partial charge in [-0.05, 0) is 36.8 Å². The first-order valence-corrected chi connectivity index (χ1v) is 9.22. The van der Waals surface area contributed by atoms with Gasteiger partial charge in [-0.1, -0.05) is 48.5 Å². The lowest BCUT2D eigenvalue weighted by atomic mass is 10.1. The van der Waals surface area contributed by atoms with Crippen LogP contribution in [-0.2, 0) is 0 Å². The van der Waals surface area contributed by atoms with E-state index in [0.717, 1.165) is 5.56 Å². The summed E-state index contributed by atoms with van der Waals surface area (Å²) in [7, 11) is 0. The highest BCUT2D eigenvalue weighted by molar-refractivity contribution is 6.02. The van der Waals surface area contributed by atoms with Crippen molar-refractivity contribution in [1.82, 2.24) is 14.9 Å². The Balaban J connectivity index is 1.87. The molecule has 2 aromatic carbocycles. The number of nitrogens with zero attached hydrogens (tertiary/aromatic N) is 2. The van der Waals surface area contributed by atoms with Gasteiger partial charge >= 0.3 is 0 Å². The van der Waals surface area contributed by atoms with Gasteiger partial charge in [0.15, 0.2) is 5.65 Å². The molecule has 2 aromatic heterocycles. The number of hydrogen-bond acceptors (Lipinski definition) is 4. The van der Waals surface area contributed by atoms with Gasteiger partial charge in [-0.2, -0.15) is 0 Å². The summed E-state index contributed by atoms with van der Waals surface area (Å²) in [6.45, 7) is 1.82. The van der Waals surface area contributed by atoms with Gasteiger partial charge in [0.2, 0.25) is 0 Å². The molecule has 0 radical (unpaired) electrons. The highest BCUT2D eigenvalue weighted by Gasteiger charge is 2.24. The summed E-state index contributed by atoms with van der Waals surface area (Å²) in [6, 6.07) is 21.3. The second kappa shape index (κ2) is 7.59. The minimum atomic E-state index is -0.640. The van der Waals surface area contributed by atoms with Gasteiger partial charge in [-0.25, -0.2) is 4.98 Å². The van der Waals surface area contributed by atoms with Crippen molar-refractivity contribution in [2.24, 2.45) is 0 Å². The van der Waals surface area contributed by atoms with Gasteiger partial charge in [0.1, 0.15) is 11.3 Å². The highest BCUT2D eigenvalue weighted by Crippen LogP contribution is 2.27. The predicted octanol–water partition coefficient (Wildman–Crippen LogP) is 3.58. The summed E-state index contributed by atoms with van der Waals surface area (Å²) < 4.78 is 1.34. The molecular formula is C23H19N3O3. The van der Waals surface area contributed by atoms with Crippen molar-refractivity contribution in [3.05, 3.63) is 100 Å². The van der Waals surface area contributed by atoms with E-state index in [-0.39, 0.29) is 23.0 Å². The summed E-state index contributed by atoms with van der Waals surface area (Å²) in [5, 5.41) is 13.9. The van der Waals surface area contributed by atoms with E-state index in [1.165, 1.54) is 10.8 Å². The van der Waals surface area contributed by atoms with Crippen LogP contribution in [0.2, 0.25) is 0 Å². The monoisotopic (exact) mass is 385 g/mol. The summed E-state index contributed by atoms with van der Waals surface area (Å²) >= 11 is 0. The Labute approximate surface area is 167 Å². The zero-order valence-corrected chi connectivity index (χ0v) is 15.7. The average Bonchev–Trinajstić information content (AvgIpc) is 2.75. The highest BCUT2D eigenvalue weighted by atomic mass is 16.3. The molecule has 6 heteroatoms. The third-order valence-corrected chi connectivity index (χ3v) is 4.80. The predicted molar refractivity (Wildman–Crippen MR) is 111 cm³/mol. The molecule has 0 aliphatic carbocycles. The van der Waals surface area contributed by atoms with E-state index in [4.69, 9.17) is 0 Å². The van der Waals surface area contributed by atoms with Gasteiger partial charge in [-0.15, -0.1) is 0 Å². The summed E-state index contributed by atoms with van der Waals surface area (Å²) in [5.74, 6) is -1.01. The van der Waals surface area contributed by atoms with Gasteiger partial charge in [-0.3, -0.25) is 14.2 Å². The number of fused-ring (bicyclic) bond motifs is 1. The van der Waals surface area contributed by atoms with Crippen molar-refractivity contribution in [1.29, 1.82) is 0 Å². The van der Waals surface area contributed by atoms with Gasteiger partial charge in [0.05, 0.1) is 17.1 Å². The number of rotatable bonds is 4. The number of amides is 1. The maximum absolute atomic E-state index is 13.3. The third-order valence-electron chi connectivity index (χ3n) is 4.80. The summed E-state index contributed by atoms with van der Waals surface area (Å²) in [6.07, 6.45) is 1.54. The molecule has 144 valence electrons. The molecule has 2 heterocycles. The molecule has 0 aliphatic heterocycles. The lowest BCUT2D eigenvalue weighted by Crippen LogP contribution is -2.34. The van der Waals surface area contributed by atoms with Crippen molar-refractivity contribution < 1.29 is 9.90 Å². The molecule has 0 aliphatic rings. The van der Waals surface area contributed by atoms with Crippen molar-refractivity contribution in [3.8, 4) is 11.4 Å². The Morgan fingerprint density at radius 3 is 2.34 bits per heavy atom. The van der Waals surface area contributed by atoms with Crippen molar-refractivity contribution in [2.75, 3.05) is 0 Å². The Morgan fingerprint density at radius 1 is 1.00 bits per heavy atom. The number of aromatic nitrogens is 2. The molecule has 2 N–H and O–H groups in total. The van der Waals surface area contributed by atoms with Crippen LogP contribution in [0.3, 0.4) is 0 Å². The van der Waals surface area contributed by atoms with E-state index < -0.39 is 11.5 Å². The number of pyridine rings is 2. The molecule has 29 heavy (non-hydrogen) atoms. The second-order valence-electron chi connectivity index (χ2n) is 6.68. The molecule has 0 saturated carbocycles. The SMILES string of the molecule is CC(NC(=O)c1c(O)c2cccnc2n(-c2ccccc2)c1=O)c1ccccc1. The number of carbonyl (C=O) groups excluding carboxylic acids is 1. The second-order valence-corrected chi connectivity index (χ2v) is 6.68. The molecule has 1 atom stereocenters. The van der Waals surface area contributed by atoms with Crippen LogP contribution in [-0.4, -0.2) is 20.6 Å². The smallest absolute Gasteiger partial charge is 0.273 e. The van der Waals surface area contributed by atoms with Crippen LogP contribution in [0.25, 0.3) is 16.7 Å². The number of nitrogens with one attached hydrogen (secondary N) is 1. The topological polar surface area (TPSA) is 84.2 Å². The van der Waals surface area contributed by atoms with Crippen LogP contribution in [0.4, 0.5) is 0 Å². The van der Waals surface area contributed by atoms with Crippen LogP contribution in [0, 0.1) is 0 Å². The van der Waals surface area contributed by atoms with E-state index in [2.05, 4.69) is 10.3 Å². The molecule has 0 saturated heterocycles. The van der Waals surface area contributed by atoms with Crippen molar-refractivity contribution >= 4 is 16.9 Å². The lowest BCUT2D eigenvalue weighted by molar-refractivity contribution is 0.0935. The van der Waals surface area contributed by atoms with Crippen molar-refractivity contribution in [3.63, 3.8) is 0 Å². The quantitative estimate of drug-likeness (QED) is 0.562. The maximum Gasteiger partial charge on any atom is 0.273 e. The first kappa shape index (κ1) is 18.4. The number of carbonyl (C=O) groups is 1. The molecular weight excluding hydrogens is 366 g/mol. The zero-order valence-electron chi connectivity index (χ0n) is 15.7. The van der Waals surface area contributed by atoms with Crippen LogP contribution in [0.5, 0.6) is 5.75 Å². The Kier molecular flexibility index (Phi) is 4.83. The van der Waals surface area contributed by atoms with E-state index in [0.29, 0.717) is 11.1 Å². The fraction of sp³-hybridized carbons (Fsp3) is 0.0870. The summed E-state index contributed by atoms with van der Waals surface area (Å²) in [4.78, 5) is 30.5. The molecule has 1 unspecified atom stereocenters. The fourth-order valence-electron chi connectivity index (χ4n) is 3.32. The van der Waals surface area contributed by atoms with Gasteiger partial charge in [0, 0.05) is 6.20 Å². The number of aromatic hydroxyl groups is 1. The van der Waals surface area contributed by atoms with E-state index >= 15 is 0 Å². The molecule has 1 amide bonds. The number of benzene rings is 2. The maximum atomic E-state index is 13.3. The van der Waals surface area contributed by atoms with Crippen LogP contribution in [0.15, 0.2) is 83.8 Å². The van der Waals surface area contributed by atoms with E-state index in [9.17, 15) is 14.7 Å². The Hall–Kier alpha value is -3.93. The van der Waals surface area contributed by atoms with E-state index in [1.54, 1.807) is 36.4 Å². The number of para-hydroxylation sites is 1. The Morgan fingerprint density at radius 2 is 1.66 bits per heavy atom. The molecule has 0 spiro atoms. The normalized spacial score (nSPS) is 11.9. The van der Waals surface area contributed by atoms with Crippen LogP contribution < -0.4 is 10.9 Å². The van der Waals surface area contributed by atoms with Gasteiger partial charge in [0.25, 0.3) is 11.5 Å². The summed E-state index contributed by atoms with van der Waals surface area (Å²) in [5.41, 5.74) is 0.807. The molecule has 6 nitrogen and oxygen atoms in total. The molecule has 4 rings (SSSR count). The zero-order chi connectivity index (χ0) is 20.4. The van der Waals surface area contributed by atoms with Gasteiger partial charge < -0.3 is 10.4 Å². The molecule has 4 aromatic rings. The average molecular weight is 385 g/mol. The third kappa shape index (κ3) is 3.36. The number of hydrogen-bond donors (Lipinski definition) is 2. The minimum absolute atomic E-state index is 0.286. The van der Waals surface area contributed by atoms with Crippen molar-refractivity contribution in [2.45, 2.75) is 13.0 Å². The standard InChI is InChI=1S/C23H19N3O3/c1-15(16-9-4-2-5-10-16)25-22(28)19-20(27)18-13-8-14-24-21(18)26(23(19)29)17-11-6-3-7-12-17/h2-15,27H,1H3,(H,25,28). The van der Waals surface area contributed by atoms with Crippen LogP contribution >= 0.6 is 0 Å². The first-order chi connectivity index (χ1) is 14.1. The van der Waals surface area contributed by atoms with Crippen LogP contribution in [0.1, 0.15) is 28.9 Å². The first-order valence-electron chi connectivity index (χ1n) is 9.22.